The standard InChI is InChI=1S/C11H20.2C2H6/c1-2-10-8-11(9-10)6-4-3-5-7-11;2*1-2/h10H,2-9H2,1H3;2*1-2H3. The van der Waals surface area contributed by atoms with Crippen molar-refractivity contribution in [2.45, 2.75) is 86.0 Å². The first-order valence-electron chi connectivity index (χ1n) is 7.35. The molecular formula is C15H32. The number of hydrogen-bond donors (Lipinski definition) is 0. The highest BCUT2D eigenvalue weighted by molar-refractivity contribution is 4.94. The van der Waals surface area contributed by atoms with Gasteiger partial charge in [0.25, 0.3) is 0 Å². The Morgan fingerprint density at radius 1 is 0.867 bits per heavy atom. The highest BCUT2D eigenvalue weighted by Gasteiger charge is 2.42. The second-order valence-corrected chi connectivity index (χ2v) is 4.74. The zero-order valence-electron chi connectivity index (χ0n) is 11.7. The third-order valence-electron chi connectivity index (χ3n) is 3.93. The van der Waals surface area contributed by atoms with Gasteiger partial charge in [-0.15, -0.1) is 0 Å². The predicted molar refractivity (Wildman–Crippen MR) is 71.2 cm³/mol. The van der Waals surface area contributed by atoms with E-state index in [0.717, 1.165) is 11.3 Å². The van der Waals surface area contributed by atoms with E-state index < -0.39 is 0 Å². The molecule has 2 aliphatic carbocycles. The first-order valence-corrected chi connectivity index (χ1v) is 7.35. The molecule has 0 bridgehead atoms. The SMILES string of the molecule is CC.CC.CCC1CC2(CCCCC2)C1. The summed E-state index contributed by atoms with van der Waals surface area (Å²) >= 11 is 0. The monoisotopic (exact) mass is 212 g/mol. The lowest BCUT2D eigenvalue weighted by Gasteiger charge is -2.50. The third-order valence-corrected chi connectivity index (χ3v) is 3.93. The zero-order chi connectivity index (χ0) is 11.7. The molecule has 2 saturated carbocycles. The van der Waals surface area contributed by atoms with E-state index in [0.29, 0.717) is 0 Å². The molecule has 0 aromatic carbocycles. The average Bonchev–Trinajstić information content (AvgIpc) is 2.32. The lowest BCUT2D eigenvalue weighted by Crippen LogP contribution is -2.38. The van der Waals surface area contributed by atoms with E-state index in [4.69, 9.17) is 0 Å². The second kappa shape index (κ2) is 8.19. The van der Waals surface area contributed by atoms with Gasteiger partial charge in [0.15, 0.2) is 0 Å². The van der Waals surface area contributed by atoms with Crippen LogP contribution in [0.3, 0.4) is 0 Å². The summed E-state index contributed by atoms with van der Waals surface area (Å²) in [6, 6.07) is 0. The van der Waals surface area contributed by atoms with Crippen LogP contribution in [0.15, 0.2) is 0 Å². The van der Waals surface area contributed by atoms with Crippen molar-refractivity contribution >= 4 is 0 Å². The van der Waals surface area contributed by atoms with Crippen molar-refractivity contribution in [2.75, 3.05) is 0 Å². The van der Waals surface area contributed by atoms with Crippen LogP contribution in [0.1, 0.15) is 86.0 Å². The maximum absolute atomic E-state index is 2.35. The fourth-order valence-corrected chi connectivity index (χ4v) is 3.16. The summed E-state index contributed by atoms with van der Waals surface area (Å²) in [6.07, 6.45) is 12.3. The van der Waals surface area contributed by atoms with E-state index in [1.807, 2.05) is 27.7 Å². The van der Waals surface area contributed by atoms with Crippen molar-refractivity contribution in [2.24, 2.45) is 11.3 Å². The molecule has 0 amide bonds. The maximum Gasteiger partial charge on any atom is -0.0292 e. The van der Waals surface area contributed by atoms with Gasteiger partial charge in [0.1, 0.15) is 0 Å². The van der Waals surface area contributed by atoms with Crippen molar-refractivity contribution in [1.29, 1.82) is 0 Å². The lowest BCUT2D eigenvalue weighted by molar-refractivity contribution is 0.0133. The van der Waals surface area contributed by atoms with E-state index in [1.165, 1.54) is 25.7 Å². The van der Waals surface area contributed by atoms with E-state index in [1.54, 1.807) is 25.7 Å². The van der Waals surface area contributed by atoms with Crippen LogP contribution in [0.2, 0.25) is 0 Å². The van der Waals surface area contributed by atoms with Crippen molar-refractivity contribution in [3.63, 3.8) is 0 Å². The Balaban J connectivity index is 0.000000442. The van der Waals surface area contributed by atoms with Crippen LogP contribution < -0.4 is 0 Å². The van der Waals surface area contributed by atoms with Crippen LogP contribution >= 0.6 is 0 Å². The Morgan fingerprint density at radius 3 is 1.73 bits per heavy atom. The summed E-state index contributed by atoms with van der Waals surface area (Å²) in [5, 5.41) is 0. The number of hydrogen-bond acceptors (Lipinski definition) is 0. The fourth-order valence-electron chi connectivity index (χ4n) is 3.16. The molecule has 0 heteroatoms. The lowest BCUT2D eigenvalue weighted by atomic mass is 9.55. The van der Waals surface area contributed by atoms with Crippen molar-refractivity contribution in [3.8, 4) is 0 Å². The largest absolute Gasteiger partial charge is 0.0683 e. The Bertz CT molecular complexity index is 123. The van der Waals surface area contributed by atoms with Gasteiger partial charge in [-0.3, -0.25) is 0 Å². The minimum Gasteiger partial charge on any atom is -0.0683 e. The van der Waals surface area contributed by atoms with E-state index >= 15 is 0 Å². The summed E-state index contributed by atoms with van der Waals surface area (Å²) in [5.74, 6) is 1.10. The minimum absolute atomic E-state index is 0.874. The van der Waals surface area contributed by atoms with Crippen molar-refractivity contribution < 1.29 is 0 Å². The molecule has 0 aromatic heterocycles. The molecule has 2 rings (SSSR count). The summed E-state index contributed by atoms with van der Waals surface area (Å²) in [5.41, 5.74) is 0.874. The van der Waals surface area contributed by atoms with E-state index in [-0.39, 0.29) is 0 Å². The topological polar surface area (TPSA) is 0 Å². The molecule has 0 nitrogen and oxygen atoms in total. The van der Waals surface area contributed by atoms with Gasteiger partial charge in [0.2, 0.25) is 0 Å². The minimum atomic E-state index is 0.874. The van der Waals surface area contributed by atoms with Crippen LogP contribution in [-0.2, 0) is 0 Å². The summed E-state index contributed by atoms with van der Waals surface area (Å²) in [7, 11) is 0. The third kappa shape index (κ3) is 4.17. The van der Waals surface area contributed by atoms with Gasteiger partial charge in [-0.2, -0.15) is 0 Å². The molecule has 0 radical (unpaired) electrons. The number of rotatable bonds is 1. The van der Waals surface area contributed by atoms with Gasteiger partial charge in [-0.1, -0.05) is 60.3 Å². The Hall–Kier alpha value is 0. The first kappa shape index (κ1) is 15.0. The van der Waals surface area contributed by atoms with Crippen molar-refractivity contribution in [1.82, 2.24) is 0 Å². The van der Waals surface area contributed by atoms with Crippen LogP contribution in [0, 0.1) is 11.3 Å². The van der Waals surface area contributed by atoms with Gasteiger partial charge >= 0.3 is 0 Å². The molecule has 92 valence electrons. The smallest absolute Gasteiger partial charge is 0.0292 e. The molecule has 0 unspecified atom stereocenters. The van der Waals surface area contributed by atoms with Gasteiger partial charge in [0.05, 0.1) is 0 Å². The molecule has 0 heterocycles. The molecule has 0 atom stereocenters. The molecule has 0 aliphatic heterocycles. The van der Waals surface area contributed by atoms with Crippen LogP contribution in [0.4, 0.5) is 0 Å². The van der Waals surface area contributed by atoms with Crippen LogP contribution in [0.25, 0.3) is 0 Å². The van der Waals surface area contributed by atoms with Gasteiger partial charge < -0.3 is 0 Å². The molecule has 2 fully saturated rings. The molecule has 0 N–H and O–H groups in total. The molecule has 2 aliphatic rings. The Morgan fingerprint density at radius 2 is 1.33 bits per heavy atom. The second-order valence-electron chi connectivity index (χ2n) is 4.74. The first-order chi connectivity index (χ1) is 7.35. The molecule has 1 spiro atoms. The quantitative estimate of drug-likeness (QED) is 0.514. The zero-order valence-corrected chi connectivity index (χ0v) is 11.7. The summed E-state index contributed by atoms with van der Waals surface area (Å²) in [6.45, 7) is 10.3. The fraction of sp³-hybridized carbons (Fsp3) is 1.00. The predicted octanol–water partition coefficient (Wildman–Crippen LogP) is 5.81. The molecular weight excluding hydrogens is 180 g/mol. The normalized spacial score (nSPS) is 23.0. The summed E-state index contributed by atoms with van der Waals surface area (Å²) < 4.78 is 0. The molecule has 15 heavy (non-hydrogen) atoms. The van der Waals surface area contributed by atoms with Crippen molar-refractivity contribution in [3.05, 3.63) is 0 Å². The molecule has 0 aromatic rings. The average molecular weight is 212 g/mol. The van der Waals surface area contributed by atoms with E-state index in [9.17, 15) is 0 Å². The summed E-state index contributed by atoms with van der Waals surface area (Å²) in [4.78, 5) is 0. The van der Waals surface area contributed by atoms with Crippen LogP contribution in [0.5, 0.6) is 0 Å². The van der Waals surface area contributed by atoms with Gasteiger partial charge in [-0.05, 0) is 37.0 Å². The Labute approximate surface area is 97.8 Å². The van der Waals surface area contributed by atoms with E-state index in [2.05, 4.69) is 6.92 Å². The Kier molecular flexibility index (Phi) is 8.19. The highest BCUT2D eigenvalue weighted by atomic mass is 14.5. The highest BCUT2D eigenvalue weighted by Crippen LogP contribution is 2.55. The maximum atomic E-state index is 2.35. The van der Waals surface area contributed by atoms with Gasteiger partial charge in [0, 0.05) is 0 Å². The van der Waals surface area contributed by atoms with Crippen LogP contribution in [-0.4, -0.2) is 0 Å². The van der Waals surface area contributed by atoms with Gasteiger partial charge in [-0.25, -0.2) is 0 Å². The molecule has 0 saturated heterocycles.